The van der Waals surface area contributed by atoms with E-state index in [2.05, 4.69) is 0 Å². The van der Waals surface area contributed by atoms with Crippen LogP contribution in [0, 0.1) is 20.2 Å². The summed E-state index contributed by atoms with van der Waals surface area (Å²) in [5, 5.41) is 20.7. The highest BCUT2D eigenvalue weighted by Crippen LogP contribution is 2.24. The van der Waals surface area contributed by atoms with E-state index in [1.54, 1.807) is 24.3 Å². The van der Waals surface area contributed by atoms with Crippen molar-refractivity contribution in [2.24, 2.45) is 0 Å². The van der Waals surface area contributed by atoms with Crippen molar-refractivity contribution in [2.75, 3.05) is 0 Å². The summed E-state index contributed by atoms with van der Waals surface area (Å²) in [6, 6.07) is 9.06. The molecule has 0 spiro atoms. The van der Waals surface area contributed by atoms with Crippen LogP contribution < -0.4 is 0 Å². The lowest BCUT2D eigenvalue weighted by molar-refractivity contribution is -0.401. The third-order valence-electron chi connectivity index (χ3n) is 2.35. The zero-order valence-electron chi connectivity index (χ0n) is 9.55. The zero-order chi connectivity index (χ0) is 13.8. The molecule has 0 saturated heterocycles. The molecule has 0 bridgehead atoms. The smallest absolute Gasteiger partial charge is 0.269 e. The maximum absolute atomic E-state index is 10.5. The van der Waals surface area contributed by atoms with Crippen molar-refractivity contribution in [1.82, 2.24) is 0 Å². The molecule has 0 aliphatic heterocycles. The monoisotopic (exact) mass is 260 g/mol. The second-order valence-corrected chi connectivity index (χ2v) is 3.61. The molecule has 1 aromatic heterocycles. The van der Waals surface area contributed by atoms with Crippen LogP contribution in [0.15, 0.2) is 47.0 Å². The minimum absolute atomic E-state index is 0.0104. The molecule has 2 rings (SSSR count). The maximum Gasteiger partial charge on any atom is 0.269 e. The first-order valence-electron chi connectivity index (χ1n) is 5.22. The molecule has 0 radical (unpaired) electrons. The van der Waals surface area contributed by atoms with Crippen molar-refractivity contribution in [3.8, 4) is 11.3 Å². The Labute approximate surface area is 107 Å². The Kier molecular flexibility index (Phi) is 3.37. The Balaban J connectivity index is 2.23. The molecule has 0 fully saturated rings. The van der Waals surface area contributed by atoms with E-state index in [0.717, 1.165) is 6.20 Å². The van der Waals surface area contributed by atoms with Crippen LogP contribution >= 0.6 is 0 Å². The fourth-order valence-electron chi connectivity index (χ4n) is 1.48. The van der Waals surface area contributed by atoms with Crippen LogP contribution in [0.5, 0.6) is 0 Å². The van der Waals surface area contributed by atoms with Crippen LogP contribution in [0.2, 0.25) is 0 Å². The van der Waals surface area contributed by atoms with E-state index < -0.39 is 9.85 Å². The van der Waals surface area contributed by atoms with Gasteiger partial charge in [0.1, 0.15) is 11.5 Å². The van der Waals surface area contributed by atoms with Gasteiger partial charge in [-0.3, -0.25) is 20.2 Å². The average molecular weight is 260 g/mol. The number of furan rings is 1. The quantitative estimate of drug-likeness (QED) is 0.621. The standard InChI is InChI=1S/C12H8N2O5/c15-13(16)8-7-11-5-6-12(19-11)9-1-3-10(4-2-9)14(17)18/h1-8H. The van der Waals surface area contributed by atoms with Crippen LogP contribution in [0.25, 0.3) is 17.4 Å². The van der Waals surface area contributed by atoms with E-state index in [-0.39, 0.29) is 5.69 Å². The molecule has 7 heteroatoms. The van der Waals surface area contributed by atoms with Crippen LogP contribution in [0.1, 0.15) is 5.76 Å². The van der Waals surface area contributed by atoms with Gasteiger partial charge in [0.15, 0.2) is 0 Å². The van der Waals surface area contributed by atoms with Gasteiger partial charge in [-0.1, -0.05) is 0 Å². The summed E-state index contributed by atoms with van der Waals surface area (Å²) < 4.78 is 5.36. The van der Waals surface area contributed by atoms with E-state index >= 15 is 0 Å². The summed E-state index contributed by atoms with van der Waals surface area (Å²) in [6.07, 6.45) is 2.01. The Morgan fingerprint density at radius 1 is 1.00 bits per heavy atom. The third kappa shape index (κ3) is 3.03. The highest BCUT2D eigenvalue weighted by atomic mass is 16.6. The molecular formula is C12H8N2O5. The zero-order valence-corrected chi connectivity index (χ0v) is 9.55. The van der Waals surface area contributed by atoms with Gasteiger partial charge in [0.05, 0.1) is 15.9 Å². The Morgan fingerprint density at radius 3 is 2.26 bits per heavy atom. The van der Waals surface area contributed by atoms with Gasteiger partial charge in [-0.05, 0) is 24.3 Å². The maximum atomic E-state index is 10.5. The van der Waals surface area contributed by atoms with E-state index in [1.165, 1.54) is 18.2 Å². The molecular weight excluding hydrogens is 252 g/mol. The number of nitro groups is 2. The van der Waals surface area contributed by atoms with Gasteiger partial charge in [-0.25, -0.2) is 0 Å². The Hall–Kier alpha value is -2.96. The largest absolute Gasteiger partial charge is 0.457 e. The molecule has 0 N–H and O–H groups in total. The minimum atomic E-state index is -0.589. The van der Waals surface area contributed by atoms with E-state index in [9.17, 15) is 20.2 Å². The summed E-state index contributed by atoms with van der Waals surface area (Å²) in [6.45, 7) is 0. The fraction of sp³-hybridized carbons (Fsp3) is 0. The van der Waals surface area contributed by atoms with Gasteiger partial charge in [0.25, 0.3) is 5.69 Å². The van der Waals surface area contributed by atoms with Gasteiger partial charge in [0, 0.05) is 17.7 Å². The predicted octanol–water partition coefficient (Wildman–Crippen LogP) is 3.10. The summed E-state index contributed by atoms with van der Waals surface area (Å²) in [5.74, 6) is 0.822. The number of nitrogens with zero attached hydrogens (tertiary/aromatic N) is 2. The van der Waals surface area contributed by atoms with Gasteiger partial charge in [-0.2, -0.15) is 0 Å². The molecule has 0 atom stereocenters. The molecule has 0 aliphatic carbocycles. The van der Waals surface area contributed by atoms with E-state index in [0.29, 0.717) is 17.1 Å². The molecule has 7 nitrogen and oxygen atoms in total. The van der Waals surface area contributed by atoms with Crippen molar-refractivity contribution in [3.05, 3.63) is 68.6 Å². The Bertz CT molecular complexity index is 642. The van der Waals surface area contributed by atoms with Gasteiger partial charge >= 0.3 is 0 Å². The van der Waals surface area contributed by atoms with Crippen LogP contribution in [-0.4, -0.2) is 9.85 Å². The van der Waals surface area contributed by atoms with Gasteiger partial charge < -0.3 is 4.42 Å². The molecule has 2 aromatic rings. The van der Waals surface area contributed by atoms with Crippen molar-refractivity contribution in [2.45, 2.75) is 0 Å². The number of hydrogen-bond donors (Lipinski definition) is 0. The lowest BCUT2D eigenvalue weighted by Crippen LogP contribution is -1.86. The van der Waals surface area contributed by atoms with Crippen molar-refractivity contribution < 1.29 is 14.3 Å². The molecule has 1 aromatic carbocycles. The summed E-state index contributed by atoms with van der Waals surface area (Å²) in [5.41, 5.74) is 0.648. The second-order valence-electron chi connectivity index (χ2n) is 3.61. The van der Waals surface area contributed by atoms with Crippen LogP contribution in [0.4, 0.5) is 5.69 Å². The van der Waals surface area contributed by atoms with Gasteiger partial charge in [-0.15, -0.1) is 0 Å². The number of non-ortho nitro benzene ring substituents is 1. The second kappa shape index (κ2) is 5.13. The van der Waals surface area contributed by atoms with Crippen LogP contribution in [0.3, 0.4) is 0 Å². The summed E-state index contributed by atoms with van der Waals surface area (Å²) in [7, 11) is 0. The number of hydrogen-bond acceptors (Lipinski definition) is 5. The normalized spacial score (nSPS) is 10.7. The van der Waals surface area contributed by atoms with Crippen molar-refractivity contribution >= 4 is 11.8 Å². The number of nitro benzene ring substituents is 1. The summed E-state index contributed by atoms with van der Waals surface area (Å²) in [4.78, 5) is 19.6. The molecule has 0 unspecified atom stereocenters. The van der Waals surface area contributed by atoms with E-state index in [1.807, 2.05) is 0 Å². The van der Waals surface area contributed by atoms with Crippen molar-refractivity contribution in [3.63, 3.8) is 0 Å². The SMILES string of the molecule is O=[N+]([O-])C=Cc1ccc(-c2ccc([N+](=O)[O-])cc2)o1. The molecule has 96 valence electrons. The first kappa shape index (κ1) is 12.5. The molecule has 19 heavy (non-hydrogen) atoms. The van der Waals surface area contributed by atoms with E-state index in [4.69, 9.17) is 4.42 Å². The minimum Gasteiger partial charge on any atom is -0.457 e. The first-order chi connectivity index (χ1) is 9.06. The molecule has 0 aliphatic rings. The predicted molar refractivity (Wildman–Crippen MR) is 66.8 cm³/mol. The third-order valence-corrected chi connectivity index (χ3v) is 2.35. The number of benzene rings is 1. The summed E-state index contributed by atoms with van der Waals surface area (Å²) >= 11 is 0. The van der Waals surface area contributed by atoms with Crippen molar-refractivity contribution in [1.29, 1.82) is 0 Å². The highest BCUT2D eigenvalue weighted by molar-refractivity contribution is 5.61. The molecule has 0 saturated carbocycles. The molecule has 1 heterocycles. The lowest BCUT2D eigenvalue weighted by atomic mass is 10.1. The topological polar surface area (TPSA) is 99.4 Å². The highest BCUT2D eigenvalue weighted by Gasteiger charge is 2.07. The Morgan fingerprint density at radius 2 is 1.68 bits per heavy atom. The number of rotatable bonds is 4. The van der Waals surface area contributed by atoms with Gasteiger partial charge in [0.2, 0.25) is 6.20 Å². The van der Waals surface area contributed by atoms with Crippen LogP contribution in [-0.2, 0) is 0 Å². The fourth-order valence-corrected chi connectivity index (χ4v) is 1.48. The first-order valence-corrected chi connectivity index (χ1v) is 5.22. The molecule has 0 amide bonds. The lowest BCUT2D eigenvalue weighted by Gasteiger charge is -1.96. The average Bonchev–Trinajstić information content (AvgIpc) is 2.85.